The summed E-state index contributed by atoms with van der Waals surface area (Å²) in [6.45, 7) is 1.96. The number of alkyl halides is 3. The molecule has 0 rings (SSSR count). The van der Waals surface area contributed by atoms with Gasteiger partial charge in [0.05, 0.1) is 6.54 Å². The van der Waals surface area contributed by atoms with Gasteiger partial charge in [-0.25, -0.2) is 0 Å². The first-order valence-electron chi connectivity index (χ1n) is 4.94. The zero-order valence-corrected chi connectivity index (χ0v) is 9.27. The van der Waals surface area contributed by atoms with Gasteiger partial charge < -0.3 is 15.7 Å². The molecule has 3 N–H and O–H groups in total. The second-order valence-corrected chi connectivity index (χ2v) is 3.72. The summed E-state index contributed by atoms with van der Waals surface area (Å²) in [5.74, 6) is -0.773. The van der Waals surface area contributed by atoms with Gasteiger partial charge in [0.1, 0.15) is 6.54 Å². The first kappa shape index (κ1) is 15.2. The van der Waals surface area contributed by atoms with E-state index in [4.69, 9.17) is 5.11 Å². The van der Waals surface area contributed by atoms with E-state index in [1.54, 1.807) is 19.2 Å². The van der Waals surface area contributed by atoms with Crippen molar-refractivity contribution in [3.63, 3.8) is 0 Å². The van der Waals surface area contributed by atoms with Gasteiger partial charge >= 0.3 is 6.18 Å². The molecule has 0 heterocycles. The molecule has 0 fully saturated rings. The van der Waals surface area contributed by atoms with Gasteiger partial charge in [0.2, 0.25) is 5.91 Å². The lowest BCUT2D eigenvalue weighted by Crippen LogP contribution is -2.43. The van der Waals surface area contributed by atoms with Gasteiger partial charge in [-0.15, -0.1) is 0 Å². The molecule has 0 radical (unpaired) electrons. The zero-order chi connectivity index (χ0) is 12.8. The Kier molecular flexibility index (Phi) is 6.35. The lowest BCUT2D eigenvalue weighted by Gasteiger charge is -2.19. The van der Waals surface area contributed by atoms with Crippen LogP contribution in [0.15, 0.2) is 0 Å². The Morgan fingerprint density at radius 1 is 1.38 bits per heavy atom. The number of halogens is 3. The lowest BCUT2D eigenvalue weighted by atomic mass is 10.1. The van der Waals surface area contributed by atoms with Crippen LogP contribution in [0.5, 0.6) is 0 Å². The van der Waals surface area contributed by atoms with Crippen LogP contribution in [0, 0.1) is 5.92 Å². The standard InChI is InChI=1S/C9H17F3N2O2/c1-6(4-15)7(2)13-3-8(16)14-5-9(10,11)12/h6-7,13,15H,3-5H2,1-2H3,(H,14,16). The van der Waals surface area contributed by atoms with Crippen molar-refractivity contribution in [2.45, 2.75) is 26.1 Å². The van der Waals surface area contributed by atoms with Gasteiger partial charge in [-0.2, -0.15) is 13.2 Å². The minimum Gasteiger partial charge on any atom is -0.396 e. The Morgan fingerprint density at radius 3 is 2.38 bits per heavy atom. The Balaban J connectivity index is 3.73. The van der Waals surface area contributed by atoms with Crippen molar-refractivity contribution in [2.75, 3.05) is 19.7 Å². The maximum atomic E-state index is 11.7. The first-order valence-corrected chi connectivity index (χ1v) is 4.94. The van der Waals surface area contributed by atoms with Crippen molar-refractivity contribution in [3.8, 4) is 0 Å². The maximum absolute atomic E-state index is 11.7. The van der Waals surface area contributed by atoms with Crippen LogP contribution < -0.4 is 10.6 Å². The summed E-state index contributed by atoms with van der Waals surface area (Å²) in [6, 6.07) is -0.137. The van der Waals surface area contributed by atoms with E-state index in [1.807, 2.05) is 0 Å². The molecular formula is C9H17F3N2O2. The summed E-state index contributed by atoms with van der Waals surface area (Å²) in [7, 11) is 0. The van der Waals surface area contributed by atoms with E-state index < -0.39 is 18.6 Å². The lowest BCUT2D eigenvalue weighted by molar-refractivity contribution is -0.138. The number of amides is 1. The van der Waals surface area contributed by atoms with E-state index in [-0.39, 0.29) is 25.1 Å². The molecule has 0 aliphatic heterocycles. The highest BCUT2D eigenvalue weighted by Gasteiger charge is 2.27. The third-order valence-electron chi connectivity index (χ3n) is 2.21. The molecule has 16 heavy (non-hydrogen) atoms. The average molecular weight is 242 g/mol. The molecule has 0 bridgehead atoms. The van der Waals surface area contributed by atoms with Crippen LogP contribution in [0.2, 0.25) is 0 Å². The normalized spacial score (nSPS) is 15.6. The van der Waals surface area contributed by atoms with Crippen LogP contribution >= 0.6 is 0 Å². The molecule has 96 valence electrons. The van der Waals surface area contributed by atoms with E-state index in [9.17, 15) is 18.0 Å². The number of aliphatic hydroxyl groups is 1. The predicted molar refractivity (Wildman–Crippen MR) is 52.8 cm³/mol. The van der Waals surface area contributed by atoms with Crippen molar-refractivity contribution >= 4 is 5.91 Å². The molecule has 0 aliphatic rings. The summed E-state index contributed by atoms with van der Waals surface area (Å²) in [5, 5.41) is 13.3. The summed E-state index contributed by atoms with van der Waals surface area (Å²) in [4.78, 5) is 11.0. The molecule has 2 unspecified atom stereocenters. The van der Waals surface area contributed by atoms with Crippen LogP contribution in [-0.4, -0.2) is 42.9 Å². The number of rotatable bonds is 6. The summed E-state index contributed by atoms with van der Waals surface area (Å²) in [5.41, 5.74) is 0. The Hall–Kier alpha value is -0.820. The van der Waals surface area contributed by atoms with Crippen LogP contribution in [0.1, 0.15) is 13.8 Å². The van der Waals surface area contributed by atoms with E-state index in [2.05, 4.69) is 5.32 Å². The molecule has 0 spiro atoms. The zero-order valence-electron chi connectivity index (χ0n) is 9.27. The fraction of sp³-hybridized carbons (Fsp3) is 0.889. The molecule has 0 saturated carbocycles. The molecule has 7 heteroatoms. The monoisotopic (exact) mass is 242 g/mol. The molecule has 0 saturated heterocycles. The molecule has 4 nitrogen and oxygen atoms in total. The molecule has 0 aliphatic carbocycles. The highest BCUT2D eigenvalue weighted by Crippen LogP contribution is 2.11. The third-order valence-corrected chi connectivity index (χ3v) is 2.21. The van der Waals surface area contributed by atoms with Gasteiger partial charge in [0.25, 0.3) is 0 Å². The number of hydrogen-bond acceptors (Lipinski definition) is 3. The summed E-state index contributed by atoms with van der Waals surface area (Å²) >= 11 is 0. The number of nitrogens with one attached hydrogen (secondary N) is 2. The van der Waals surface area contributed by atoms with Gasteiger partial charge in [0, 0.05) is 12.6 Å². The maximum Gasteiger partial charge on any atom is 0.405 e. The Labute approximate surface area is 92.2 Å². The second kappa shape index (κ2) is 6.70. The van der Waals surface area contributed by atoms with Crippen molar-refractivity contribution in [1.29, 1.82) is 0 Å². The average Bonchev–Trinajstić information content (AvgIpc) is 2.20. The van der Waals surface area contributed by atoms with Crippen molar-refractivity contribution in [3.05, 3.63) is 0 Å². The Morgan fingerprint density at radius 2 is 1.94 bits per heavy atom. The van der Waals surface area contributed by atoms with Crippen LogP contribution in [0.3, 0.4) is 0 Å². The van der Waals surface area contributed by atoms with Gasteiger partial charge in [-0.3, -0.25) is 4.79 Å². The third kappa shape index (κ3) is 7.47. The molecule has 0 aromatic carbocycles. The summed E-state index contributed by atoms with van der Waals surface area (Å²) in [6.07, 6.45) is -4.39. The topological polar surface area (TPSA) is 61.4 Å². The number of hydrogen-bond donors (Lipinski definition) is 3. The number of carbonyl (C=O) groups is 1. The minimum atomic E-state index is -4.39. The van der Waals surface area contributed by atoms with Crippen molar-refractivity contribution in [1.82, 2.24) is 10.6 Å². The van der Waals surface area contributed by atoms with E-state index in [0.29, 0.717) is 0 Å². The molecular weight excluding hydrogens is 225 g/mol. The number of aliphatic hydroxyl groups excluding tert-OH is 1. The molecule has 0 aromatic heterocycles. The highest BCUT2D eigenvalue weighted by atomic mass is 19.4. The van der Waals surface area contributed by atoms with Gasteiger partial charge in [0.15, 0.2) is 0 Å². The largest absolute Gasteiger partial charge is 0.405 e. The van der Waals surface area contributed by atoms with E-state index >= 15 is 0 Å². The van der Waals surface area contributed by atoms with Gasteiger partial charge in [-0.1, -0.05) is 6.92 Å². The van der Waals surface area contributed by atoms with E-state index in [0.717, 1.165) is 0 Å². The molecule has 2 atom stereocenters. The first-order chi connectivity index (χ1) is 7.26. The minimum absolute atomic E-state index is 0.0433. The van der Waals surface area contributed by atoms with Crippen molar-refractivity contribution in [2.24, 2.45) is 5.92 Å². The van der Waals surface area contributed by atoms with Crippen LogP contribution in [0.25, 0.3) is 0 Å². The van der Waals surface area contributed by atoms with Crippen LogP contribution in [0.4, 0.5) is 13.2 Å². The fourth-order valence-electron chi connectivity index (χ4n) is 0.874. The fourth-order valence-corrected chi connectivity index (χ4v) is 0.874. The SMILES string of the molecule is CC(CO)C(C)NCC(=O)NCC(F)(F)F. The predicted octanol–water partition coefficient (Wildman–Crippen LogP) is 0.271. The smallest absolute Gasteiger partial charge is 0.396 e. The molecule has 0 aromatic rings. The highest BCUT2D eigenvalue weighted by molar-refractivity contribution is 5.78. The number of carbonyl (C=O) groups excluding carboxylic acids is 1. The quantitative estimate of drug-likeness (QED) is 0.626. The van der Waals surface area contributed by atoms with Crippen LogP contribution in [-0.2, 0) is 4.79 Å². The van der Waals surface area contributed by atoms with E-state index in [1.165, 1.54) is 0 Å². The second-order valence-electron chi connectivity index (χ2n) is 3.72. The van der Waals surface area contributed by atoms with Gasteiger partial charge in [-0.05, 0) is 12.8 Å². The Bertz CT molecular complexity index is 221. The van der Waals surface area contributed by atoms with Crippen molar-refractivity contribution < 1.29 is 23.1 Å². The summed E-state index contributed by atoms with van der Waals surface area (Å²) < 4.78 is 35.2. The molecule has 1 amide bonds.